The van der Waals surface area contributed by atoms with E-state index in [1.54, 1.807) is 7.05 Å². The average Bonchev–Trinajstić information content (AvgIpc) is 3.29. The number of nitrogens with zero attached hydrogens (tertiary/aromatic N) is 5. The quantitative estimate of drug-likeness (QED) is 0.385. The minimum absolute atomic E-state index is 0.219. The maximum Gasteiger partial charge on any atom is 0.332 e. The molecule has 36 heavy (non-hydrogen) atoms. The minimum Gasteiger partial charge on any atom is -0.342 e. The summed E-state index contributed by atoms with van der Waals surface area (Å²) < 4.78 is 4.90. The van der Waals surface area contributed by atoms with Gasteiger partial charge in [-0.15, -0.1) is 0 Å². The fourth-order valence-corrected chi connectivity index (χ4v) is 5.44. The Morgan fingerprint density at radius 1 is 0.917 bits per heavy atom. The van der Waals surface area contributed by atoms with Gasteiger partial charge in [-0.3, -0.25) is 13.9 Å². The molecule has 1 atom stereocenters. The molecule has 2 aromatic heterocycles. The third-order valence-corrected chi connectivity index (χ3v) is 7.24. The smallest absolute Gasteiger partial charge is 0.332 e. The van der Waals surface area contributed by atoms with E-state index in [9.17, 15) is 9.59 Å². The molecule has 0 N–H and O–H groups in total. The highest BCUT2D eigenvalue weighted by molar-refractivity contribution is 5.85. The highest BCUT2D eigenvalue weighted by Crippen LogP contribution is 2.27. The van der Waals surface area contributed by atoms with Crippen LogP contribution in [0.4, 0.5) is 5.95 Å². The monoisotopic (exact) mass is 479 g/mol. The Bertz CT molecular complexity index is 1690. The van der Waals surface area contributed by atoms with Gasteiger partial charge in [0.15, 0.2) is 11.2 Å². The number of aryl methyl sites for hydroxylation is 1. The molecule has 0 fully saturated rings. The molecule has 3 aromatic carbocycles. The minimum atomic E-state index is -0.347. The van der Waals surface area contributed by atoms with Crippen LogP contribution >= 0.6 is 0 Å². The van der Waals surface area contributed by atoms with Gasteiger partial charge in [-0.05, 0) is 34.2 Å². The molecular weight excluding hydrogens is 450 g/mol. The second kappa shape index (κ2) is 8.82. The fourth-order valence-electron chi connectivity index (χ4n) is 5.44. The van der Waals surface area contributed by atoms with Crippen molar-refractivity contribution in [2.45, 2.75) is 26.4 Å². The van der Waals surface area contributed by atoms with Gasteiger partial charge in [0.1, 0.15) is 0 Å². The van der Waals surface area contributed by atoms with Crippen LogP contribution < -0.4 is 16.1 Å². The summed E-state index contributed by atoms with van der Waals surface area (Å²) in [6.45, 7) is 4.79. The van der Waals surface area contributed by atoms with Gasteiger partial charge in [0.25, 0.3) is 5.56 Å². The average molecular weight is 480 g/mol. The van der Waals surface area contributed by atoms with Crippen molar-refractivity contribution in [3.05, 3.63) is 105 Å². The Labute approximate surface area is 208 Å². The zero-order chi connectivity index (χ0) is 24.8. The van der Waals surface area contributed by atoms with Crippen molar-refractivity contribution in [1.82, 2.24) is 18.7 Å². The zero-order valence-electron chi connectivity index (χ0n) is 20.6. The van der Waals surface area contributed by atoms with Crippen LogP contribution in [0.1, 0.15) is 18.1 Å². The van der Waals surface area contributed by atoms with Crippen LogP contribution in [0, 0.1) is 5.92 Å². The number of benzene rings is 3. The lowest BCUT2D eigenvalue weighted by molar-refractivity contribution is 0.437. The summed E-state index contributed by atoms with van der Waals surface area (Å²) >= 11 is 0. The number of aromatic nitrogens is 4. The van der Waals surface area contributed by atoms with Crippen molar-refractivity contribution >= 4 is 27.9 Å². The lowest BCUT2D eigenvalue weighted by Crippen LogP contribution is -2.41. The normalized spacial score (nSPS) is 15.5. The van der Waals surface area contributed by atoms with Crippen LogP contribution in [-0.2, 0) is 26.6 Å². The van der Waals surface area contributed by atoms with Crippen LogP contribution in [0.15, 0.2) is 82.4 Å². The number of hydrogen-bond acceptors (Lipinski definition) is 4. The number of rotatable bonds is 5. The zero-order valence-corrected chi connectivity index (χ0v) is 20.6. The highest BCUT2D eigenvalue weighted by Gasteiger charge is 2.29. The van der Waals surface area contributed by atoms with Crippen LogP contribution in [0.2, 0.25) is 0 Å². The van der Waals surface area contributed by atoms with Gasteiger partial charge in [-0.1, -0.05) is 79.7 Å². The largest absolute Gasteiger partial charge is 0.342 e. The van der Waals surface area contributed by atoms with Crippen molar-refractivity contribution in [2.75, 3.05) is 18.0 Å². The Morgan fingerprint density at radius 2 is 1.67 bits per heavy atom. The molecule has 0 spiro atoms. The lowest BCUT2D eigenvalue weighted by atomic mass is 10.0. The van der Waals surface area contributed by atoms with Crippen molar-refractivity contribution in [3.8, 4) is 0 Å². The van der Waals surface area contributed by atoms with E-state index in [1.165, 1.54) is 14.7 Å². The summed E-state index contributed by atoms with van der Waals surface area (Å²) in [5.74, 6) is 1.13. The van der Waals surface area contributed by atoms with Gasteiger partial charge < -0.3 is 9.47 Å². The van der Waals surface area contributed by atoms with Crippen LogP contribution in [-0.4, -0.2) is 31.8 Å². The van der Waals surface area contributed by atoms with E-state index in [0.717, 1.165) is 41.8 Å². The van der Waals surface area contributed by atoms with Gasteiger partial charge >= 0.3 is 5.69 Å². The lowest BCUT2D eigenvalue weighted by Gasteiger charge is -2.33. The molecule has 5 aromatic rings. The first-order chi connectivity index (χ1) is 17.5. The number of imidazole rings is 1. The molecule has 7 nitrogen and oxygen atoms in total. The number of hydrogen-bond donors (Lipinski definition) is 0. The highest BCUT2D eigenvalue weighted by atomic mass is 16.2. The summed E-state index contributed by atoms with van der Waals surface area (Å²) in [6.07, 6.45) is 0.890. The second-order valence-electron chi connectivity index (χ2n) is 9.85. The molecule has 6 rings (SSSR count). The van der Waals surface area contributed by atoms with Crippen molar-refractivity contribution in [3.63, 3.8) is 0 Å². The van der Waals surface area contributed by atoms with Crippen LogP contribution in [0.25, 0.3) is 21.9 Å². The van der Waals surface area contributed by atoms with Crippen LogP contribution in [0.3, 0.4) is 0 Å². The predicted molar refractivity (Wildman–Crippen MR) is 144 cm³/mol. The summed E-state index contributed by atoms with van der Waals surface area (Å²) in [4.78, 5) is 34.3. The van der Waals surface area contributed by atoms with E-state index < -0.39 is 0 Å². The predicted octanol–water partition coefficient (Wildman–Crippen LogP) is 3.80. The Kier molecular flexibility index (Phi) is 5.48. The third-order valence-electron chi connectivity index (χ3n) is 7.24. The number of fused-ring (bicyclic) bond motifs is 4. The molecule has 1 aliphatic rings. The summed E-state index contributed by atoms with van der Waals surface area (Å²) in [5, 5.41) is 2.13. The third kappa shape index (κ3) is 3.71. The van der Waals surface area contributed by atoms with E-state index in [0.29, 0.717) is 23.6 Å². The molecule has 0 radical (unpaired) electrons. The van der Waals surface area contributed by atoms with E-state index in [2.05, 4.69) is 36.1 Å². The number of anilines is 1. The Hall–Kier alpha value is -4.13. The topological polar surface area (TPSA) is 65.1 Å². The molecule has 0 aliphatic carbocycles. The molecule has 0 unspecified atom stereocenters. The first kappa shape index (κ1) is 22.3. The molecule has 0 bridgehead atoms. The van der Waals surface area contributed by atoms with E-state index >= 15 is 0 Å². The second-order valence-corrected chi connectivity index (χ2v) is 9.85. The molecular formula is C29H29N5O2. The SMILES string of the molecule is C[C@@H]1CN(CCc2ccccc2)c2nc3c(c(=O)n(Cc4cccc5ccccc45)c(=O)n3C)n2C1. The van der Waals surface area contributed by atoms with E-state index in [1.807, 2.05) is 53.1 Å². The molecule has 3 heterocycles. The van der Waals surface area contributed by atoms with Gasteiger partial charge in [0, 0.05) is 26.7 Å². The molecule has 7 heteroatoms. The summed E-state index contributed by atoms with van der Waals surface area (Å²) in [5.41, 5.74) is 2.54. The first-order valence-electron chi connectivity index (χ1n) is 12.5. The van der Waals surface area contributed by atoms with Crippen molar-refractivity contribution < 1.29 is 0 Å². The van der Waals surface area contributed by atoms with Crippen molar-refractivity contribution in [1.29, 1.82) is 0 Å². The molecule has 0 amide bonds. The van der Waals surface area contributed by atoms with Crippen molar-refractivity contribution in [2.24, 2.45) is 13.0 Å². The standard InChI is InChI=1S/C29H29N5O2/c1-20-17-32(16-15-21-9-4-3-5-10-21)28-30-26-25(33(28)18-20)27(35)34(29(36)31(26)2)19-23-13-8-12-22-11-6-7-14-24(22)23/h3-14,20H,15-19H2,1-2H3/t20-/m1/s1. The molecule has 1 aliphatic heterocycles. The van der Waals surface area contributed by atoms with E-state index in [-0.39, 0.29) is 17.8 Å². The van der Waals surface area contributed by atoms with Crippen LogP contribution in [0.5, 0.6) is 0 Å². The summed E-state index contributed by atoms with van der Waals surface area (Å²) in [6, 6.07) is 24.4. The molecule has 0 saturated carbocycles. The fraction of sp³-hybridized carbons (Fsp3) is 0.276. The molecule has 182 valence electrons. The summed E-state index contributed by atoms with van der Waals surface area (Å²) in [7, 11) is 1.71. The Morgan fingerprint density at radius 3 is 2.50 bits per heavy atom. The van der Waals surface area contributed by atoms with Gasteiger partial charge in [0.05, 0.1) is 6.54 Å². The van der Waals surface area contributed by atoms with E-state index in [4.69, 9.17) is 4.98 Å². The maximum atomic E-state index is 13.8. The van der Waals surface area contributed by atoms with Gasteiger partial charge in [0.2, 0.25) is 5.95 Å². The maximum absolute atomic E-state index is 13.8. The first-order valence-corrected chi connectivity index (χ1v) is 12.5. The van der Waals surface area contributed by atoms with Gasteiger partial charge in [-0.25, -0.2) is 4.79 Å². The Balaban J connectivity index is 1.45. The molecule has 0 saturated heterocycles. The van der Waals surface area contributed by atoms with Gasteiger partial charge in [-0.2, -0.15) is 4.98 Å².